The van der Waals surface area contributed by atoms with Crippen LogP contribution < -0.4 is 10.6 Å². The first kappa shape index (κ1) is 15.5. The van der Waals surface area contributed by atoms with E-state index in [0.29, 0.717) is 18.3 Å². The lowest BCUT2D eigenvalue weighted by molar-refractivity contribution is -0.123. The highest BCUT2D eigenvalue weighted by molar-refractivity contribution is 5.77. The first-order valence-electron chi connectivity index (χ1n) is 6.78. The summed E-state index contributed by atoms with van der Waals surface area (Å²) >= 11 is 0. The smallest absolute Gasteiger partial charge is 0.222 e. The fraction of sp³-hybridized carbons (Fsp3) is 0.533. The Kier molecular flexibility index (Phi) is 6.36. The fourth-order valence-electron chi connectivity index (χ4n) is 1.77. The molecule has 0 saturated heterocycles. The lowest BCUT2D eigenvalue weighted by Crippen LogP contribution is -2.37. The van der Waals surface area contributed by atoms with Gasteiger partial charge in [0, 0.05) is 25.0 Å². The van der Waals surface area contributed by atoms with Gasteiger partial charge in [0.25, 0.3) is 0 Å². The minimum atomic E-state index is 0.0365. The Bertz CT molecular complexity index is 388. The van der Waals surface area contributed by atoms with Crippen LogP contribution in [0, 0.1) is 5.92 Å². The number of benzene rings is 1. The van der Waals surface area contributed by atoms with E-state index in [1.807, 2.05) is 26.0 Å². The largest absolute Gasteiger partial charge is 0.508 e. The van der Waals surface area contributed by atoms with Gasteiger partial charge in [-0.25, -0.2) is 0 Å². The number of hydrogen-bond acceptors (Lipinski definition) is 3. The number of rotatable bonds is 7. The first-order chi connectivity index (χ1) is 8.99. The van der Waals surface area contributed by atoms with E-state index in [0.717, 1.165) is 13.0 Å². The van der Waals surface area contributed by atoms with E-state index in [4.69, 9.17) is 0 Å². The van der Waals surface area contributed by atoms with Crippen LogP contribution in [-0.4, -0.2) is 30.1 Å². The van der Waals surface area contributed by atoms with Crippen molar-refractivity contribution in [2.75, 3.05) is 13.1 Å². The molecular formula is C15H24N2O2. The maximum absolute atomic E-state index is 11.3. The molecule has 0 heterocycles. The van der Waals surface area contributed by atoms with Crippen molar-refractivity contribution in [2.45, 2.75) is 33.2 Å². The average molecular weight is 264 g/mol. The van der Waals surface area contributed by atoms with Gasteiger partial charge in [-0.05, 0) is 31.0 Å². The van der Waals surface area contributed by atoms with Crippen molar-refractivity contribution in [3.63, 3.8) is 0 Å². The second-order valence-corrected chi connectivity index (χ2v) is 5.17. The molecule has 0 aromatic heterocycles. The number of carbonyl (C=O) groups is 1. The Hall–Kier alpha value is -1.55. The normalized spacial score (nSPS) is 12.4. The molecule has 3 N–H and O–H groups in total. The molecule has 0 aliphatic heterocycles. The lowest BCUT2D eigenvalue weighted by Gasteiger charge is -2.14. The van der Waals surface area contributed by atoms with Crippen LogP contribution in [-0.2, 0) is 11.2 Å². The molecule has 0 aliphatic rings. The Morgan fingerprint density at radius 1 is 1.16 bits per heavy atom. The van der Waals surface area contributed by atoms with Crippen LogP contribution in [0.25, 0.3) is 0 Å². The topological polar surface area (TPSA) is 61.4 Å². The van der Waals surface area contributed by atoms with E-state index in [-0.39, 0.29) is 11.8 Å². The van der Waals surface area contributed by atoms with Gasteiger partial charge in [-0.2, -0.15) is 0 Å². The van der Waals surface area contributed by atoms with Gasteiger partial charge in [0.1, 0.15) is 5.75 Å². The summed E-state index contributed by atoms with van der Waals surface area (Å²) in [6.07, 6.45) is 0.901. The molecule has 1 amide bonds. The van der Waals surface area contributed by atoms with Crippen LogP contribution in [0.15, 0.2) is 24.3 Å². The number of phenolic OH excluding ortho intramolecular Hbond substituents is 1. The summed E-state index contributed by atoms with van der Waals surface area (Å²) in [5.74, 6) is 0.420. The quantitative estimate of drug-likeness (QED) is 0.657. The van der Waals surface area contributed by atoms with Crippen LogP contribution in [0.5, 0.6) is 5.75 Å². The third kappa shape index (κ3) is 6.25. The van der Waals surface area contributed by atoms with Gasteiger partial charge in [-0.3, -0.25) is 4.79 Å². The van der Waals surface area contributed by atoms with E-state index in [9.17, 15) is 9.90 Å². The number of aromatic hydroxyl groups is 1. The van der Waals surface area contributed by atoms with E-state index in [1.54, 1.807) is 12.1 Å². The molecule has 0 aliphatic carbocycles. The van der Waals surface area contributed by atoms with Crippen molar-refractivity contribution in [3.8, 4) is 5.75 Å². The van der Waals surface area contributed by atoms with Gasteiger partial charge >= 0.3 is 0 Å². The number of hydrogen-bond donors (Lipinski definition) is 3. The molecule has 4 heteroatoms. The molecule has 0 radical (unpaired) electrons. The summed E-state index contributed by atoms with van der Waals surface area (Å²) in [6.45, 7) is 7.29. The second-order valence-electron chi connectivity index (χ2n) is 5.17. The van der Waals surface area contributed by atoms with E-state index >= 15 is 0 Å². The summed E-state index contributed by atoms with van der Waals surface area (Å²) in [6, 6.07) is 7.58. The molecule has 0 bridgehead atoms. The summed E-state index contributed by atoms with van der Waals surface area (Å²) < 4.78 is 0. The molecule has 1 rings (SSSR count). The highest BCUT2D eigenvalue weighted by Crippen LogP contribution is 2.10. The average Bonchev–Trinajstić information content (AvgIpc) is 2.37. The van der Waals surface area contributed by atoms with Crippen LogP contribution in [0.3, 0.4) is 0 Å². The van der Waals surface area contributed by atoms with Crippen molar-refractivity contribution in [1.29, 1.82) is 0 Å². The van der Waals surface area contributed by atoms with Gasteiger partial charge in [-0.15, -0.1) is 0 Å². The predicted molar refractivity (Wildman–Crippen MR) is 77.1 cm³/mol. The Balaban J connectivity index is 2.19. The molecule has 106 valence electrons. The van der Waals surface area contributed by atoms with Crippen LogP contribution in [0.4, 0.5) is 0 Å². The van der Waals surface area contributed by atoms with Gasteiger partial charge < -0.3 is 15.7 Å². The number of amides is 1. The highest BCUT2D eigenvalue weighted by Gasteiger charge is 2.06. The zero-order chi connectivity index (χ0) is 14.3. The van der Waals surface area contributed by atoms with Crippen LogP contribution in [0.2, 0.25) is 0 Å². The Morgan fingerprint density at radius 2 is 1.79 bits per heavy atom. The fourth-order valence-corrected chi connectivity index (χ4v) is 1.77. The van der Waals surface area contributed by atoms with Crippen molar-refractivity contribution < 1.29 is 9.90 Å². The molecule has 1 unspecified atom stereocenters. The third-order valence-corrected chi connectivity index (χ3v) is 2.92. The number of nitrogens with one attached hydrogen (secondary N) is 2. The predicted octanol–water partition coefficient (Wildman–Crippen LogP) is 1.69. The van der Waals surface area contributed by atoms with E-state index in [1.165, 1.54) is 5.56 Å². The van der Waals surface area contributed by atoms with Gasteiger partial charge in [0.05, 0.1) is 0 Å². The second kappa shape index (κ2) is 7.79. The maximum Gasteiger partial charge on any atom is 0.222 e. The molecule has 19 heavy (non-hydrogen) atoms. The zero-order valence-corrected chi connectivity index (χ0v) is 11.9. The van der Waals surface area contributed by atoms with Crippen LogP contribution >= 0.6 is 0 Å². The SMILES string of the molecule is CC(Cc1ccc(O)cc1)NCCNC(=O)C(C)C. The standard InChI is InChI=1S/C15H24N2O2/c1-11(2)15(19)17-9-8-16-12(3)10-13-4-6-14(18)7-5-13/h4-7,11-12,16,18H,8-10H2,1-3H3,(H,17,19). The third-order valence-electron chi connectivity index (χ3n) is 2.92. The molecule has 1 atom stereocenters. The first-order valence-corrected chi connectivity index (χ1v) is 6.78. The van der Waals surface area contributed by atoms with E-state index in [2.05, 4.69) is 17.6 Å². The minimum Gasteiger partial charge on any atom is -0.508 e. The summed E-state index contributed by atoms with van der Waals surface area (Å²) in [7, 11) is 0. The van der Waals surface area contributed by atoms with Gasteiger partial charge in [-0.1, -0.05) is 26.0 Å². The zero-order valence-electron chi connectivity index (χ0n) is 11.9. The molecule has 1 aromatic carbocycles. The Morgan fingerprint density at radius 3 is 2.37 bits per heavy atom. The maximum atomic E-state index is 11.3. The molecule has 0 fully saturated rings. The van der Waals surface area contributed by atoms with Crippen molar-refractivity contribution >= 4 is 5.91 Å². The molecule has 4 nitrogen and oxygen atoms in total. The molecule has 0 saturated carbocycles. The van der Waals surface area contributed by atoms with Crippen molar-refractivity contribution in [3.05, 3.63) is 29.8 Å². The van der Waals surface area contributed by atoms with Crippen LogP contribution in [0.1, 0.15) is 26.3 Å². The van der Waals surface area contributed by atoms with Crippen molar-refractivity contribution in [1.82, 2.24) is 10.6 Å². The number of carbonyl (C=O) groups excluding carboxylic acids is 1. The molecular weight excluding hydrogens is 240 g/mol. The van der Waals surface area contributed by atoms with Crippen molar-refractivity contribution in [2.24, 2.45) is 5.92 Å². The number of phenols is 1. The van der Waals surface area contributed by atoms with Gasteiger partial charge in [0.2, 0.25) is 5.91 Å². The van der Waals surface area contributed by atoms with Gasteiger partial charge in [0.15, 0.2) is 0 Å². The summed E-state index contributed by atoms with van der Waals surface area (Å²) in [5, 5.41) is 15.4. The molecule has 0 spiro atoms. The van der Waals surface area contributed by atoms with E-state index < -0.39 is 0 Å². The molecule has 1 aromatic rings. The highest BCUT2D eigenvalue weighted by atomic mass is 16.3. The summed E-state index contributed by atoms with van der Waals surface area (Å²) in [4.78, 5) is 11.3. The summed E-state index contributed by atoms with van der Waals surface area (Å²) in [5.41, 5.74) is 1.18. The lowest BCUT2D eigenvalue weighted by atomic mass is 10.1. The monoisotopic (exact) mass is 264 g/mol. The Labute approximate surface area is 115 Å². The minimum absolute atomic E-state index is 0.0365.